The standard InChI is InChI=1S/C14H22O2/c1-6-7-11-9-13(16-14(3,4)5)10(2)8-12(11)15/h8-9,15H,6-7H2,1-5H3. The monoisotopic (exact) mass is 222 g/mol. The first-order valence-corrected chi connectivity index (χ1v) is 5.85. The van der Waals surface area contributed by atoms with Gasteiger partial charge in [-0.15, -0.1) is 0 Å². The third-order valence-corrected chi connectivity index (χ3v) is 2.31. The fraction of sp³-hybridized carbons (Fsp3) is 0.571. The van der Waals surface area contributed by atoms with Gasteiger partial charge in [-0.1, -0.05) is 13.3 Å². The zero-order chi connectivity index (χ0) is 12.3. The summed E-state index contributed by atoms with van der Waals surface area (Å²) in [4.78, 5) is 0. The van der Waals surface area contributed by atoms with Gasteiger partial charge in [-0.25, -0.2) is 0 Å². The number of benzene rings is 1. The molecule has 0 fully saturated rings. The lowest BCUT2D eigenvalue weighted by Gasteiger charge is -2.23. The minimum atomic E-state index is -0.203. The van der Waals surface area contributed by atoms with Gasteiger partial charge in [0.25, 0.3) is 0 Å². The molecule has 0 saturated heterocycles. The highest BCUT2D eigenvalue weighted by Gasteiger charge is 2.15. The zero-order valence-electron chi connectivity index (χ0n) is 10.9. The van der Waals surface area contributed by atoms with E-state index >= 15 is 0 Å². The predicted molar refractivity (Wildman–Crippen MR) is 67.2 cm³/mol. The van der Waals surface area contributed by atoms with Crippen molar-refractivity contribution in [1.82, 2.24) is 0 Å². The maximum atomic E-state index is 9.79. The lowest BCUT2D eigenvalue weighted by atomic mass is 10.1. The van der Waals surface area contributed by atoms with E-state index in [2.05, 4.69) is 6.92 Å². The minimum Gasteiger partial charge on any atom is -0.508 e. The van der Waals surface area contributed by atoms with E-state index in [0.29, 0.717) is 5.75 Å². The molecule has 0 atom stereocenters. The van der Waals surface area contributed by atoms with Gasteiger partial charge in [0.15, 0.2) is 0 Å². The van der Waals surface area contributed by atoms with E-state index in [1.807, 2.05) is 33.8 Å². The van der Waals surface area contributed by atoms with Crippen LogP contribution in [0.2, 0.25) is 0 Å². The number of phenolic OH excluding ortho intramolecular Hbond substituents is 1. The number of rotatable bonds is 3. The van der Waals surface area contributed by atoms with Crippen molar-refractivity contribution < 1.29 is 9.84 Å². The molecule has 0 unspecified atom stereocenters. The molecule has 0 aromatic heterocycles. The van der Waals surface area contributed by atoms with E-state index < -0.39 is 0 Å². The topological polar surface area (TPSA) is 29.5 Å². The molecule has 0 radical (unpaired) electrons. The summed E-state index contributed by atoms with van der Waals surface area (Å²) in [5, 5.41) is 9.79. The van der Waals surface area contributed by atoms with E-state index in [1.165, 1.54) is 0 Å². The van der Waals surface area contributed by atoms with Crippen molar-refractivity contribution in [2.75, 3.05) is 0 Å². The summed E-state index contributed by atoms with van der Waals surface area (Å²) in [6, 6.07) is 3.74. The number of phenols is 1. The van der Waals surface area contributed by atoms with Crippen molar-refractivity contribution in [1.29, 1.82) is 0 Å². The molecule has 0 aliphatic heterocycles. The number of hydrogen-bond donors (Lipinski definition) is 1. The Kier molecular flexibility index (Phi) is 3.84. The Hall–Kier alpha value is -1.18. The Morgan fingerprint density at radius 2 is 1.88 bits per heavy atom. The summed E-state index contributed by atoms with van der Waals surface area (Å²) < 4.78 is 5.86. The van der Waals surface area contributed by atoms with Crippen molar-refractivity contribution in [3.63, 3.8) is 0 Å². The molecule has 0 saturated carbocycles. The van der Waals surface area contributed by atoms with Gasteiger partial charge in [0, 0.05) is 0 Å². The van der Waals surface area contributed by atoms with Crippen LogP contribution in [-0.4, -0.2) is 10.7 Å². The Balaban J connectivity index is 3.04. The van der Waals surface area contributed by atoms with Gasteiger partial charge in [-0.05, 0) is 57.4 Å². The van der Waals surface area contributed by atoms with E-state index in [1.54, 1.807) is 6.07 Å². The molecule has 0 spiro atoms. The average molecular weight is 222 g/mol. The summed E-state index contributed by atoms with van der Waals surface area (Å²) in [6.07, 6.45) is 1.90. The molecule has 1 aromatic carbocycles. The Bertz CT molecular complexity index is 362. The summed E-state index contributed by atoms with van der Waals surface area (Å²) in [5.74, 6) is 1.24. The smallest absolute Gasteiger partial charge is 0.123 e. The van der Waals surface area contributed by atoms with Crippen molar-refractivity contribution in [3.8, 4) is 11.5 Å². The first kappa shape index (κ1) is 12.9. The van der Waals surface area contributed by atoms with E-state index in [-0.39, 0.29) is 5.60 Å². The second-order valence-corrected chi connectivity index (χ2v) is 5.21. The molecular weight excluding hydrogens is 200 g/mol. The van der Waals surface area contributed by atoms with Crippen LogP contribution in [0.5, 0.6) is 11.5 Å². The molecule has 1 N–H and O–H groups in total. The second-order valence-electron chi connectivity index (χ2n) is 5.21. The lowest BCUT2D eigenvalue weighted by molar-refractivity contribution is 0.129. The van der Waals surface area contributed by atoms with Gasteiger partial charge in [-0.3, -0.25) is 0 Å². The fourth-order valence-electron chi connectivity index (χ4n) is 1.62. The van der Waals surface area contributed by atoms with Gasteiger partial charge < -0.3 is 9.84 Å². The van der Waals surface area contributed by atoms with Crippen LogP contribution >= 0.6 is 0 Å². The summed E-state index contributed by atoms with van der Waals surface area (Å²) in [7, 11) is 0. The molecule has 16 heavy (non-hydrogen) atoms. The number of hydrogen-bond acceptors (Lipinski definition) is 2. The van der Waals surface area contributed by atoms with Gasteiger partial charge in [0.1, 0.15) is 17.1 Å². The van der Waals surface area contributed by atoms with Crippen LogP contribution in [0.1, 0.15) is 45.2 Å². The molecule has 0 aliphatic carbocycles. The Morgan fingerprint density at radius 3 is 2.38 bits per heavy atom. The first-order valence-electron chi connectivity index (χ1n) is 5.85. The largest absolute Gasteiger partial charge is 0.508 e. The van der Waals surface area contributed by atoms with Crippen molar-refractivity contribution in [3.05, 3.63) is 23.3 Å². The van der Waals surface area contributed by atoms with Crippen LogP contribution in [0, 0.1) is 6.92 Å². The van der Waals surface area contributed by atoms with Crippen LogP contribution < -0.4 is 4.74 Å². The molecule has 0 aliphatic rings. The van der Waals surface area contributed by atoms with Crippen LogP contribution in [-0.2, 0) is 6.42 Å². The SMILES string of the molecule is CCCc1cc(OC(C)(C)C)c(C)cc1O. The average Bonchev–Trinajstić information content (AvgIpc) is 2.11. The predicted octanol–water partition coefficient (Wildman–Crippen LogP) is 3.83. The first-order chi connectivity index (χ1) is 7.33. The molecule has 1 aromatic rings. The molecule has 1 rings (SSSR count). The summed E-state index contributed by atoms with van der Waals surface area (Å²) >= 11 is 0. The van der Waals surface area contributed by atoms with Gasteiger partial charge in [0.2, 0.25) is 0 Å². The van der Waals surface area contributed by atoms with Crippen LogP contribution in [0.25, 0.3) is 0 Å². The molecule has 2 nitrogen and oxygen atoms in total. The summed E-state index contributed by atoms with van der Waals surface area (Å²) in [5.41, 5.74) is 1.74. The zero-order valence-corrected chi connectivity index (χ0v) is 10.9. The number of aryl methyl sites for hydroxylation is 2. The normalized spacial score (nSPS) is 11.6. The Morgan fingerprint density at radius 1 is 1.25 bits per heavy atom. The molecule has 0 heterocycles. The molecule has 90 valence electrons. The number of aromatic hydroxyl groups is 1. The van der Waals surface area contributed by atoms with Gasteiger partial charge >= 0.3 is 0 Å². The van der Waals surface area contributed by atoms with Crippen LogP contribution in [0.3, 0.4) is 0 Å². The third-order valence-electron chi connectivity index (χ3n) is 2.31. The Labute approximate surface area is 98.3 Å². The third kappa shape index (κ3) is 3.44. The number of ether oxygens (including phenoxy) is 1. The van der Waals surface area contributed by atoms with E-state index in [0.717, 1.165) is 29.7 Å². The highest BCUT2D eigenvalue weighted by molar-refractivity contribution is 5.45. The summed E-state index contributed by atoms with van der Waals surface area (Å²) in [6.45, 7) is 10.1. The molecule has 0 amide bonds. The van der Waals surface area contributed by atoms with Gasteiger partial charge in [-0.2, -0.15) is 0 Å². The van der Waals surface area contributed by atoms with Crippen molar-refractivity contribution >= 4 is 0 Å². The van der Waals surface area contributed by atoms with Crippen molar-refractivity contribution in [2.45, 2.75) is 53.1 Å². The van der Waals surface area contributed by atoms with Crippen LogP contribution in [0.15, 0.2) is 12.1 Å². The minimum absolute atomic E-state index is 0.203. The maximum absolute atomic E-state index is 9.79. The molecular formula is C14H22O2. The van der Waals surface area contributed by atoms with Crippen molar-refractivity contribution in [2.24, 2.45) is 0 Å². The molecule has 2 heteroatoms. The van der Waals surface area contributed by atoms with Crippen LogP contribution in [0.4, 0.5) is 0 Å². The highest BCUT2D eigenvalue weighted by atomic mass is 16.5. The van der Waals surface area contributed by atoms with E-state index in [9.17, 15) is 5.11 Å². The molecule has 0 bridgehead atoms. The second kappa shape index (κ2) is 4.77. The maximum Gasteiger partial charge on any atom is 0.123 e. The lowest BCUT2D eigenvalue weighted by Crippen LogP contribution is -2.23. The van der Waals surface area contributed by atoms with E-state index in [4.69, 9.17) is 4.74 Å². The highest BCUT2D eigenvalue weighted by Crippen LogP contribution is 2.30. The van der Waals surface area contributed by atoms with Gasteiger partial charge in [0.05, 0.1) is 0 Å². The quantitative estimate of drug-likeness (QED) is 0.842. The fourth-order valence-corrected chi connectivity index (χ4v) is 1.62.